The van der Waals surface area contributed by atoms with Crippen molar-refractivity contribution in [2.75, 3.05) is 5.32 Å². The lowest BCUT2D eigenvalue weighted by molar-refractivity contribution is -0.384. The average Bonchev–Trinajstić information content (AvgIpc) is 2.65. The maximum Gasteiger partial charge on any atom is 0.270 e. The Balaban J connectivity index is 1.85. The Labute approximate surface area is 170 Å². The van der Waals surface area contributed by atoms with Crippen molar-refractivity contribution >= 4 is 52.6 Å². The summed E-state index contributed by atoms with van der Waals surface area (Å²) in [7, 11) is 0. The molecule has 0 unspecified atom stereocenters. The minimum absolute atomic E-state index is 0.0507. The van der Waals surface area contributed by atoms with Crippen molar-refractivity contribution in [2.45, 2.75) is 19.8 Å². The minimum atomic E-state index is -0.563. The third kappa shape index (κ3) is 6.04. The van der Waals surface area contributed by atoms with Gasteiger partial charge in [-0.25, -0.2) is 5.43 Å². The van der Waals surface area contributed by atoms with E-state index in [4.69, 9.17) is 23.2 Å². The number of rotatable bonds is 7. The Morgan fingerprint density at radius 2 is 1.86 bits per heavy atom. The third-order valence-electron chi connectivity index (χ3n) is 3.70. The van der Waals surface area contributed by atoms with E-state index in [0.717, 1.165) is 5.56 Å². The number of hydrogen-bond donors (Lipinski definition) is 2. The first-order valence-corrected chi connectivity index (χ1v) is 8.84. The van der Waals surface area contributed by atoms with Gasteiger partial charge in [0.25, 0.3) is 5.69 Å². The number of non-ortho nitro benzene ring substituents is 1. The van der Waals surface area contributed by atoms with Gasteiger partial charge in [-0.2, -0.15) is 5.10 Å². The Kier molecular flexibility index (Phi) is 7.48. The van der Waals surface area contributed by atoms with Gasteiger partial charge in [0.15, 0.2) is 0 Å². The summed E-state index contributed by atoms with van der Waals surface area (Å²) < 4.78 is 0. The number of nitro benzene ring substituents is 1. The van der Waals surface area contributed by atoms with Crippen LogP contribution >= 0.6 is 23.2 Å². The molecule has 2 N–H and O–H groups in total. The summed E-state index contributed by atoms with van der Waals surface area (Å²) in [6.07, 6.45) is 1.05. The normalized spacial score (nSPS) is 10.7. The number of amides is 2. The topological polar surface area (TPSA) is 114 Å². The molecule has 2 rings (SSSR count). The van der Waals surface area contributed by atoms with Gasteiger partial charge in [-0.1, -0.05) is 29.3 Å². The summed E-state index contributed by atoms with van der Waals surface area (Å²) in [6, 6.07) is 9.01. The maximum atomic E-state index is 12.0. The zero-order valence-electron chi connectivity index (χ0n) is 14.7. The van der Waals surface area contributed by atoms with Crippen molar-refractivity contribution in [1.29, 1.82) is 0 Å². The number of nitro groups is 1. The molecule has 0 heterocycles. The van der Waals surface area contributed by atoms with Crippen LogP contribution in [0.25, 0.3) is 0 Å². The number of anilines is 1. The van der Waals surface area contributed by atoms with Crippen molar-refractivity contribution in [2.24, 2.45) is 5.10 Å². The summed E-state index contributed by atoms with van der Waals surface area (Å²) in [6.45, 7) is 1.78. The zero-order chi connectivity index (χ0) is 20.7. The molecule has 0 aliphatic rings. The molecule has 0 saturated carbocycles. The second-order valence-electron chi connectivity index (χ2n) is 5.72. The number of carbonyl (C=O) groups is 2. The lowest BCUT2D eigenvalue weighted by Gasteiger charge is -2.09. The van der Waals surface area contributed by atoms with Gasteiger partial charge in [0, 0.05) is 46.3 Å². The molecule has 0 aliphatic heterocycles. The molecule has 0 radical (unpaired) electrons. The van der Waals surface area contributed by atoms with Gasteiger partial charge in [0.2, 0.25) is 11.8 Å². The zero-order valence-corrected chi connectivity index (χ0v) is 16.3. The third-order valence-corrected chi connectivity index (χ3v) is 4.46. The molecule has 2 aromatic carbocycles. The second kappa shape index (κ2) is 9.82. The highest BCUT2D eigenvalue weighted by Gasteiger charge is 2.10. The fourth-order valence-electron chi connectivity index (χ4n) is 2.16. The Morgan fingerprint density at radius 3 is 2.57 bits per heavy atom. The van der Waals surface area contributed by atoms with Crippen LogP contribution in [0.3, 0.4) is 0 Å². The van der Waals surface area contributed by atoms with Crippen LogP contribution in [0.15, 0.2) is 41.5 Å². The molecule has 0 aliphatic carbocycles. The van der Waals surface area contributed by atoms with E-state index in [2.05, 4.69) is 15.8 Å². The van der Waals surface area contributed by atoms with Crippen molar-refractivity contribution < 1.29 is 14.5 Å². The van der Waals surface area contributed by atoms with Crippen LogP contribution in [0.2, 0.25) is 10.0 Å². The van der Waals surface area contributed by atoms with Gasteiger partial charge in [0.1, 0.15) is 0 Å². The van der Waals surface area contributed by atoms with Crippen LogP contribution < -0.4 is 10.7 Å². The van der Waals surface area contributed by atoms with E-state index in [1.807, 2.05) is 0 Å². The maximum absolute atomic E-state index is 12.0. The van der Waals surface area contributed by atoms with E-state index in [9.17, 15) is 19.7 Å². The first kappa shape index (κ1) is 21.3. The number of hydrogen-bond acceptors (Lipinski definition) is 5. The van der Waals surface area contributed by atoms with E-state index in [1.165, 1.54) is 24.4 Å². The molecular weight excluding hydrogens is 407 g/mol. The molecule has 8 nitrogen and oxygen atoms in total. The molecule has 0 aromatic heterocycles. The fraction of sp³-hybridized carbons (Fsp3) is 0.167. The second-order valence-corrected chi connectivity index (χ2v) is 6.53. The highest BCUT2D eigenvalue weighted by Crippen LogP contribution is 2.23. The molecule has 0 saturated heterocycles. The molecule has 0 atom stereocenters. The fourth-order valence-corrected chi connectivity index (χ4v) is 2.50. The molecule has 2 amide bonds. The predicted molar refractivity (Wildman–Crippen MR) is 108 cm³/mol. The van der Waals surface area contributed by atoms with Crippen molar-refractivity contribution in [3.05, 3.63) is 67.7 Å². The van der Waals surface area contributed by atoms with Gasteiger partial charge in [-0.05, 0) is 30.7 Å². The quantitative estimate of drug-likeness (QED) is 0.397. The lowest BCUT2D eigenvalue weighted by atomic mass is 10.2. The molecular formula is C18H16Cl2N4O4. The average molecular weight is 423 g/mol. The van der Waals surface area contributed by atoms with Gasteiger partial charge in [-0.3, -0.25) is 19.7 Å². The minimum Gasteiger partial charge on any atom is -0.326 e. The van der Waals surface area contributed by atoms with Gasteiger partial charge < -0.3 is 5.32 Å². The van der Waals surface area contributed by atoms with Crippen LogP contribution in [-0.4, -0.2) is 23.0 Å². The summed E-state index contributed by atoms with van der Waals surface area (Å²) in [5, 5.41) is 18.0. The van der Waals surface area contributed by atoms with Crippen LogP contribution in [0.5, 0.6) is 0 Å². The van der Waals surface area contributed by atoms with Gasteiger partial charge >= 0.3 is 0 Å². The number of nitrogens with one attached hydrogen (secondary N) is 2. The number of carbonyl (C=O) groups excluding carboxylic acids is 2. The lowest BCUT2D eigenvalue weighted by Crippen LogP contribution is -2.21. The van der Waals surface area contributed by atoms with E-state index in [0.29, 0.717) is 10.7 Å². The smallest absolute Gasteiger partial charge is 0.270 e. The van der Waals surface area contributed by atoms with Gasteiger partial charge in [-0.15, -0.1) is 0 Å². The SMILES string of the molecule is Cc1c(Cl)cccc1NC(=O)CCC(=O)NN=Cc1cc([N+](=O)[O-])ccc1Cl. The molecule has 0 spiro atoms. The highest BCUT2D eigenvalue weighted by atomic mass is 35.5. The number of hydrazone groups is 1. The van der Waals surface area contributed by atoms with Crippen molar-refractivity contribution in [3.8, 4) is 0 Å². The first-order chi connectivity index (χ1) is 13.3. The molecule has 0 bridgehead atoms. The van der Waals surface area contributed by atoms with E-state index < -0.39 is 10.8 Å². The van der Waals surface area contributed by atoms with Crippen LogP contribution in [0.4, 0.5) is 11.4 Å². The number of nitrogens with zero attached hydrogens (tertiary/aromatic N) is 2. The Morgan fingerprint density at radius 1 is 1.14 bits per heavy atom. The van der Waals surface area contributed by atoms with E-state index in [1.54, 1.807) is 25.1 Å². The molecule has 146 valence electrons. The predicted octanol–water partition coefficient (Wildman–Crippen LogP) is 4.08. The van der Waals surface area contributed by atoms with Crippen molar-refractivity contribution in [1.82, 2.24) is 5.43 Å². The molecule has 2 aromatic rings. The summed E-state index contributed by atoms with van der Waals surface area (Å²) in [4.78, 5) is 34.0. The Bertz CT molecular complexity index is 947. The number of halogens is 2. The van der Waals surface area contributed by atoms with Crippen LogP contribution in [0.1, 0.15) is 24.0 Å². The van der Waals surface area contributed by atoms with E-state index >= 15 is 0 Å². The van der Waals surface area contributed by atoms with Crippen LogP contribution in [0, 0.1) is 17.0 Å². The molecule has 10 heteroatoms. The summed E-state index contributed by atoms with van der Waals surface area (Å²) in [5.41, 5.74) is 3.70. The molecule has 0 fully saturated rings. The van der Waals surface area contributed by atoms with Gasteiger partial charge in [0.05, 0.1) is 11.1 Å². The summed E-state index contributed by atoms with van der Waals surface area (Å²) in [5.74, 6) is -0.831. The first-order valence-electron chi connectivity index (χ1n) is 8.08. The Hall–Kier alpha value is -2.97. The van der Waals surface area contributed by atoms with E-state index in [-0.39, 0.29) is 35.0 Å². The molecule has 28 heavy (non-hydrogen) atoms. The summed E-state index contributed by atoms with van der Waals surface area (Å²) >= 11 is 11.9. The largest absolute Gasteiger partial charge is 0.326 e. The van der Waals surface area contributed by atoms with Crippen LogP contribution in [-0.2, 0) is 9.59 Å². The van der Waals surface area contributed by atoms with Crippen molar-refractivity contribution in [3.63, 3.8) is 0 Å². The standard InChI is InChI=1S/C18H16Cl2N4O4/c1-11-14(19)3-2-4-16(11)22-17(25)7-8-18(26)23-21-10-12-9-13(24(27)28)5-6-15(12)20/h2-6,9-10H,7-8H2,1H3,(H,22,25)(H,23,26). The number of benzene rings is 2. The highest BCUT2D eigenvalue weighted by molar-refractivity contribution is 6.33. The monoisotopic (exact) mass is 422 g/mol.